The molecular weight excluding hydrogens is 306 g/mol. The van der Waals surface area contributed by atoms with Crippen molar-refractivity contribution in [2.75, 3.05) is 13.1 Å². The number of amides is 4. The van der Waals surface area contributed by atoms with Crippen LogP contribution in [-0.4, -0.2) is 41.4 Å². The lowest BCUT2D eigenvalue weighted by Crippen LogP contribution is -2.54. The summed E-state index contributed by atoms with van der Waals surface area (Å²) in [6.07, 6.45) is 9.71. The minimum Gasteiger partial charge on any atom is -0.354 e. The second-order valence-corrected chi connectivity index (χ2v) is 7.75. The third kappa shape index (κ3) is 3.28. The minimum atomic E-state index is -0.779. The first kappa shape index (κ1) is 17.2. The third-order valence-electron chi connectivity index (χ3n) is 6.12. The van der Waals surface area contributed by atoms with E-state index in [9.17, 15) is 14.4 Å². The Morgan fingerprint density at radius 1 is 1.17 bits per heavy atom. The van der Waals surface area contributed by atoms with Crippen LogP contribution in [0.15, 0.2) is 0 Å². The monoisotopic (exact) mass is 335 g/mol. The van der Waals surface area contributed by atoms with Gasteiger partial charge in [-0.3, -0.25) is 14.5 Å². The van der Waals surface area contributed by atoms with Crippen molar-refractivity contribution in [3.8, 4) is 0 Å². The molecule has 0 radical (unpaired) electrons. The highest BCUT2D eigenvalue weighted by Gasteiger charge is 2.55. The van der Waals surface area contributed by atoms with E-state index in [0.29, 0.717) is 18.9 Å². The molecule has 2 aliphatic carbocycles. The first-order valence-electron chi connectivity index (χ1n) is 9.44. The van der Waals surface area contributed by atoms with E-state index in [1.165, 1.54) is 19.3 Å². The lowest BCUT2D eigenvalue weighted by atomic mass is 9.73. The van der Waals surface area contributed by atoms with E-state index in [1.807, 2.05) is 6.92 Å². The van der Waals surface area contributed by atoms with Gasteiger partial charge in [0.1, 0.15) is 12.1 Å². The molecule has 24 heavy (non-hydrogen) atoms. The van der Waals surface area contributed by atoms with Gasteiger partial charge in [-0.2, -0.15) is 0 Å². The Balaban J connectivity index is 1.55. The summed E-state index contributed by atoms with van der Waals surface area (Å²) in [6.45, 7) is 2.51. The fourth-order valence-electron chi connectivity index (χ4n) is 4.49. The summed E-state index contributed by atoms with van der Waals surface area (Å²) in [5, 5.41) is 5.80. The zero-order valence-electron chi connectivity index (χ0n) is 14.6. The Morgan fingerprint density at radius 2 is 1.88 bits per heavy atom. The van der Waals surface area contributed by atoms with Crippen molar-refractivity contribution < 1.29 is 14.4 Å². The molecule has 134 valence electrons. The number of rotatable bonds is 4. The van der Waals surface area contributed by atoms with Crippen LogP contribution in [-0.2, 0) is 9.59 Å². The van der Waals surface area contributed by atoms with Gasteiger partial charge in [0.25, 0.3) is 5.91 Å². The Labute approximate surface area is 143 Å². The fraction of sp³-hybridized carbons (Fsp3) is 0.833. The molecule has 1 heterocycles. The lowest BCUT2D eigenvalue weighted by Gasteiger charge is -2.36. The third-order valence-corrected chi connectivity index (χ3v) is 6.12. The van der Waals surface area contributed by atoms with Crippen LogP contribution in [0.3, 0.4) is 0 Å². The lowest BCUT2D eigenvalue weighted by molar-refractivity contribution is -0.137. The molecule has 2 atom stereocenters. The number of nitrogens with zero attached hydrogens (tertiary/aromatic N) is 1. The van der Waals surface area contributed by atoms with E-state index in [-0.39, 0.29) is 24.3 Å². The fourth-order valence-corrected chi connectivity index (χ4v) is 4.49. The maximum atomic E-state index is 12.8. The summed E-state index contributed by atoms with van der Waals surface area (Å²) in [4.78, 5) is 38.4. The van der Waals surface area contributed by atoms with Crippen LogP contribution < -0.4 is 10.6 Å². The summed E-state index contributed by atoms with van der Waals surface area (Å²) >= 11 is 0. The molecule has 0 aromatic carbocycles. The number of imide groups is 1. The smallest absolute Gasteiger partial charge is 0.325 e. The van der Waals surface area contributed by atoms with Crippen LogP contribution in [0.5, 0.6) is 0 Å². The van der Waals surface area contributed by atoms with Gasteiger partial charge < -0.3 is 10.6 Å². The van der Waals surface area contributed by atoms with E-state index in [1.54, 1.807) is 0 Å². The zero-order chi connectivity index (χ0) is 17.2. The van der Waals surface area contributed by atoms with Gasteiger partial charge >= 0.3 is 6.03 Å². The highest BCUT2D eigenvalue weighted by molar-refractivity contribution is 6.09. The molecule has 0 aromatic heterocycles. The van der Waals surface area contributed by atoms with E-state index in [0.717, 1.165) is 37.0 Å². The van der Waals surface area contributed by atoms with Crippen molar-refractivity contribution in [2.24, 2.45) is 11.8 Å². The molecule has 0 bridgehead atoms. The van der Waals surface area contributed by atoms with Gasteiger partial charge in [-0.15, -0.1) is 0 Å². The molecule has 0 aromatic rings. The van der Waals surface area contributed by atoms with Crippen LogP contribution in [0.4, 0.5) is 4.79 Å². The number of carbonyl (C=O) groups excluding carboxylic acids is 3. The second kappa shape index (κ2) is 7.11. The quantitative estimate of drug-likeness (QED) is 0.773. The van der Waals surface area contributed by atoms with Crippen LogP contribution in [0.1, 0.15) is 64.7 Å². The molecule has 2 N–H and O–H groups in total. The van der Waals surface area contributed by atoms with Gasteiger partial charge in [0.05, 0.1) is 0 Å². The maximum absolute atomic E-state index is 12.8. The van der Waals surface area contributed by atoms with Gasteiger partial charge in [-0.25, -0.2) is 4.79 Å². The average Bonchev–Trinajstić information content (AvgIpc) is 2.82. The van der Waals surface area contributed by atoms with Crippen molar-refractivity contribution in [3.05, 3.63) is 0 Å². The zero-order valence-corrected chi connectivity index (χ0v) is 14.6. The van der Waals surface area contributed by atoms with Crippen molar-refractivity contribution >= 4 is 17.8 Å². The molecular formula is C18H29N3O3. The number of urea groups is 1. The molecule has 3 fully saturated rings. The topological polar surface area (TPSA) is 78.5 Å². The van der Waals surface area contributed by atoms with Crippen molar-refractivity contribution in [1.82, 2.24) is 15.5 Å². The van der Waals surface area contributed by atoms with E-state index < -0.39 is 11.6 Å². The van der Waals surface area contributed by atoms with E-state index in [2.05, 4.69) is 10.6 Å². The van der Waals surface area contributed by atoms with Crippen LogP contribution >= 0.6 is 0 Å². The molecule has 3 rings (SSSR count). The molecule has 1 spiro atoms. The van der Waals surface area contributed by atoms with Gasteiger partial charge in [0, 0.05) is 6.54 Å². The van der Waals surface area contributed by atoms with Crippen molar-refractivity contribution in [1.29, 1.82) is 0 Å². The van der Waals surface area contributed by atoms with E-state index >= 15 is 0 Å². The summed E-state index contributed by atoms with van der Waals surface area (Å²) in [6, 6.07) is -0.415. The molecule has 1 saturated heterocycles. The molecule has 3 aliphatic rings. The van der Waals surface area contributed by atoms with Gasteiger partial charge in [-0.1, -0.05) is 39.0 Å². The number of hydrogen-bond donors (Lipinski definition) is 2. The molecule has 4 amide bonds. The minimum absolute atomic E-state index is 0.123. The standard InChI is InChI=1S/C18H29N3O3/c1-13-7-5-6-10-18(13)16(23)21(17(24)20-18)12-15(22)19-11-14-8-3-2-4-9-14/h13-14H,2-12H2,1H3,(H,19,22)(H,20,24)/t13-,18+/m1/s1. The highest BCUT2D eigenvalue weighted by atomic mass is 16.2. The molecule has 0 unspecified atom stereocenters. The number of hydrogen-bond acceptors (Lipinski definition) is 3. The SMILES string of the molecule is C[C@@H]1CCCC[C@]12NC(=O)N(CC(=O)NCC1CCCCC1)C2=O. The highest BCUT2D eigenvalue weighted by Crippen LogP contribution is 2.38. The number of carbonyl (C=O) groups is 3. The van der Waals surface area contributed by atoms with Crippen molar-refractivity contribution in [3.63, 3.8) is 0 Å². The predicted octanol–water partition coefficient (Wildman–Crippen LogP) is 2.18. The Kier molecular flexibility index (Phi) is 5.11. The second-order valence-electron chi connectivity index (χ2n) is 7.75. The summed E-state index contributed by atoms with van der Waals surface area (Å²) in [5.41, 5.74) is -0.779. The van der Waals surface area contributed by atoms with Crippen LogP contribution in [0.2, 0.25) is 0 Å². The largest absolute Gasteiger partial charge is 0.354 e. The summed E-state index contributed by atoms with van der Waals surface area (Å²) in [7, 11) is 0. The summed E-state index contributed by atoms with van der Waals surface area (Å²) < 4.78 is 0. The van der Waals surface area contributed by atoms with Crippen LogP contribution in [0, 0.1) is 11.8 Å². The first-order valence-corrected chi connectivity index (χ1v) is 9.44. The number of nitrogens with one attached hydrogen (secondary N) is 2. The Hall–Kier alpha value is -1.59. The Bertz CT molecular complexity index is 516. The van der Waals surface area contributed by atoms with Crippen LogP contribution in [0.25, 0.3) is 0 Å². The summed E-state index contributed by atoms with van der Waals surface area (Å²) in [5.74, 6) is 0.214. The molecule has 6 heteroatoms. The Morgan fingerprint density at radius 3 is 2.58 bits per heavy atom. The van der Waals surface area contributed by atoms with Gasteiger partial charge in [-0.05, 0) is 37.5 Å². The molecule has 6 nitrogen and oxygen atoms in total. The average molecular weight is 335 g/mol. The first-order chi connectivity index (χ1) is 11.5. The van der Waals surface area contributed by atoms with Crippen molar-refractivity contribution in [2.45, 2.75) is 70.3 Å². The van der Waals surface area contributed by atoms with Gasteiger partial charge in [0.15, 0.2) is 0 Å². The normalized spacial score (nSPS) is 31.4. The maximum Gasteiger partial charge on any atom is 0.325 e. The van der Waals surface area contributed by atoms with E-state index in [4.69, 9.17) is 0 Å². The molecule has 2 saturated carbocycles. The predicted molar refractivity (Wildman–Crippen MR) is 90.2 cm³/mol. The molecule has 1 aliphatic heterocycles. The van der Waals surface area contributed by atoms with Gasteiger partial charge in [0.2, 0.25) is 5.91 Å².